The monoisotopic (exact) mass is 452 g/mol. The molecule has 6 nitrogen and oxygen atoms in total. The minimum atomic E-state index is -4.75. The van der Waals surface area contributed by atoms with Crippen molar-refractivity contribution in [2.75, 3.05) is 30.8 Å². The SMILES string of the molecule is CNC(=O)N1CC[C@H](Nc2ccccc2C)[C@H](C(=O)Nc2cc(F)cc(C(F)(F)F)c2)C1. The summed E-state index contributed by atoms with van der Waals surface area (Å²) in [5.74, 6) is -2.50. The van der Waals surface area contributed by atoms with Crippen molar-refractivity contribution in [2.45, 2.75) is 25.6 Å². The number of alkyl halides is 3. The molecule has 0 unspecified atom stereocenters. The number of aryl methyl sites for hydroxylation is 1. The van der Waals surface area contributed by atoms with Gasteiger partial charge in [0.1, 0.15) is 5.82 Å². The maximum atomic E-state index is 13.7. The zero-order chi connectivity index (χ0) is 23.5. The summed E-state index contributed by atoms with van der Waals surface area (Å²) < 4.78 is 52.8. The van der Waals surface area contributed by atoms with Crippen LogP contribution in [0.3, 0.4) is 0 Å². The molecular formula is C22H24F4N4O2. The molecule has 0 saturated carbocycles. The predicted octanol–water partition coefficient (Wildman–Crippen LogP) is 4.23. The Morgan fingerprint density at radius 2 is 1.84 bits per heavy atom. The molecular weight excluding hydrogens is 428 g/mol. The highest BCUT2D eigenvalue weighted by atomic mass is 19.4. The molecule has 2 atom stereocenters. The number of nitrogens with one attached hydrogen (secondary N) is 3. The molecule has 3 amide bonds. The number of carbonyl (C=O) groups is 2. The zero-order valence-electron chi connectivity index (χ0n) is 17.6. The Hall–Kier alpha value is -3.30. The second-order valence-corrected chi connectivity index (χ2v) is 7.68. The molecule has 0 spiro atoms. The van der Waals surface area contributed by atoms with E-state index in [0.29, 0.717) is 25.1 Å². The van der Waals surface area contributed by atoms with E-state index < -0.39 is 29.4 Å². The van der Waals surface area contributed by atoms with E-state index in [0.717, 1.165) is 17.3 Å². The highest BCUT2D eigenvalue weighted by molar-refractivity contribution is 5.94. The Morgan fingerprint density at radius 1 is 1.12 bits per heavy atom. The molecule has 3 N–H and O–H groups in total. The number of hydrogen-bond acceptors (Lipinski definition) is 3. The number of piperidine rings is 1. The third-order valence-corrected chi connectivity index (χ3v) is 5.43. The Balaban J connectivity index is 1.85. The molecule has 10 heteroatoms. The molecule has 0 bridgehead atoms. The summed E-state index contributed by atoms with van der Waals surface area (Å²) in [7, 11) is 1.47. The van der Waals surface area contributed by atoms with Gasteiger partial charge in [0.05, 0.1) is 11.5 Å². The molecule has 32 heavy (non-hydrogen) atoms. The maximum Gasteiger partial charge on any atom is 0.416 e. The van der Waals surface area contributed by atoms with Crippen LogP contribution in [0.15, 0.2) is 42.5 Å². The molecule has 1 saturated heterocycles. The third kappa shape index (κ3) is 5.49. The van der Waals surface area contributed by atoms with Gasteiger partial charge in [-0.2, -0.15) is 13.2 Å². The summed E-state index contributed by atoms with van der Waals surface area (Å²) in [6.45, 7) is 2.35. The average molecular weight is 452 g/mol. The van der Waals surface area contributed by atoms with Crippen molar-refractivity contribution in [1.29, 1.82) is 0 Å². The van der Waals surface area contributed by atoms with Crippen LogP contribution in [0.1, 0.15) is 17.5 Å². The van der Waals surface area contributed by atoms with Crippen molar-refractivity contribution in [3.63, 3.8) is 0 Å². The van der Waals surface area contributed by atoms with E-state index in [1.165, 1.54) is 11.9 Å². The van der Waals surface area contributed by atoms with Gasteiger partial charge in [0.2, 0.25) is 5.91 Å². The number of benzene rings is 2. The molecule has 1 heterocycles. The molecule has 1 fully saturated rings. The summed E-state index contributed by atoms with van der Waals surface area (Å²) in [5, 5.41) is 8.22. The number of rotatable bonds is 4. The van der Waals surface area contributed by atoms with Crippen molar-refractivity contribution in [2.24, 2.45) is 5.92 Å². The number of amides is 3. The van der Waals surface area contributed by atoms with E-state index in [4.69, 9.17) is 0 Å². The van der Waals surface area contributed by atoms with Gasteiger partial charge in [0.15, 0.2) is 0 Å². The summed E-state index contributed by atoms with van der Waals surface area (Å²) in [5.41, 5.74) is 0.279. The van der Waals surface area contributed by atoms with Crippen LogP contribution in [-0.2, 0) is 11.0 Å². The van der Waals surface area contributed by atoms with Gasteiger partial charge < -0.3 is 20.9 Å². The van der Waals surface area contributed by atoms with E-state index in [1.807, 2.05) is 31.2 Å². The normalized spacial score (nSPS) is 18.8. The first kappa shape index (κ1) is 23.4. The van der Waals surface area contributed by atoms with Gasteiger partial charge >= 0.3 is 12.2 Å². The maximum absolute atomic E-state index is 13.7. The van der Waals surface area contributed by atoms with E-state index in [-0.39, 0.29) is 24.3 Å². The number of para-hydroxylation sites is 1. The number of likely N-dealkylation sites (tertiary alicyclic amines) is 1. The van der Waals surface area contributed by atoms with Crippen LogP contribution in [0.5, 0.6) is 0 Å². The minimum Gasteiger partial charge on any atom is -0.381 e. The van der Waals surface area contributed by atoms with E-state index in [1.54, 1.807) is 0 Å². The lowest BCUT2D eigenvalue weighted by Gasteiger charge is -2.38. The van der Waals surface area contributed by atoms with Crippen molar-refractivity contribution in [3.05, 3.63) is 59.4 Å². The molecule has 1 aliphatic heterocycles. The second kappa shape index (κ2) is 9.46. The topological polar surface area (TPSA) is 73.5 Å². The highest BCUT2D eigenvalue weighted by Gasteiger charge is 2.37. The molecule has 2 aromatic carbocycles. The number of carbonyl (C=O) groups excluding carboxylic acids is 2. The van der Waals surface area contributed by atoms with Crippen LogP contribution in [-0.4, -0.2) is 43.0 Å². The quantitative estimate of drug-likeness (QED) is 0.608. The second-order valence-electron chi connectivity index (χ2n) is 7.68. The van der Waals surface area contributed by atoms with Crippen LogP contribution < -0.4 is 16.0 Å². The fourth-order valence-electron chi connectivity index (χ4n) is 3.73. The fourth-order valence-corrected chi connectivity index (χ4v) is 3.73. The van der Waals surface area contributed by atoms with Crippen LogP contribution in [0, 0.1) is 18.7 Å². The van der Waals surface area contributed by atoms with Crippen LogP contribution in [0.25, 0.3) is 0 Å². The smallest absolute Gasteiger partial charge is 0.381 e. The average Bonchev–Trinajstić information content (AvgIpc) is 2.74. The Labute approximate surface area is 183 Å². The van der Waals surface area contributed by atoms with Crippen molar-refractivity contribution >= 4 is 23.3 Å². The molecule has 1 aliphatic rings. The Kier molecular flexibility index (Phi) is 6.90. The first-order chi connectivity index (χ1) is 15.1. The first-order valence-electron chi connectivity index (χ1n) is 10.1. The predicted molar refractivity (Wildman–Crippen MR) is 113 cm³/mol. The van der Waals surface area contributed by atoms with Crippen molar-refractivity contribution < 1.29 is 27.2 Å². The fraction of sp³-hybridized carbons (Fsp3) is 0.364. The van der Waals surface area contributed by atoms with Gasteiger partial charge in [0.25, 0.3) is 0 Å². The van der Waals surface area contributed by atoms with Crippen molar-refractivity contribution in [3.8, 4) is 0 Å². The van der Waals surface area contributed by atoms with Crippen LogP contribution in [0.4, 0.5) is 33.7 Å². The van der Waals surface area contributed by atoms with Gasteiger partial charge in [-0.25, -0.2) is 9.18 Å². The lowest BCUT2D eigenvalue weighted by atomic mass is 9.90. The Morgan fingerprint density at radius 3 is 2.50 bits per heavy atom. The molecule has 2 aromatic rings. The number of halogens is 4. The van der Waals surface area contributed by atoms with E-state index in [9.17, 15) is 27.2 Å². The number of anilines is 2. The molecule has 0 aliphatic carbocycles. The molecule has 172 valence electrons. The van der Waals surface area contributed by atoms with E-state index >= 15 is 0 Å². The molecule has 3 rings (SSSR count). The van der Waals surface area contributed by atoms with Gasteiger partial charge in [-0.1, -0.05) is 18.2 Å². The van der Waals surface area contributed by atoms with Crippen molar-refractivity contribution in [1.82, 2.24) is 10.2 Å². The number of urea groups is 1. The lowest BCUT2D eigenvalue weighted by Crippen LogP contribution is -2.54. The lowest BCUT2D eigenvalue weighted by molar-refractivity contribution is -0.137. The van der Waals surface area contributed by atoms with Gasteiger partial charge in [-0.15, -0.1) is 0 Å². The largest absolute Gasteiger partial charge is 0.416 e. The van der Waals surface area contributed by atoms with Crippen LogP contribution >= 0.6 is 0 Å². The van der Waals surface area contributed by atoms with Crippen LogP contribution in [0.2, 0.25) is 0 Å². The first-order valence-corrected chi connectivity index (χ1v) is 10.1. The van der Waals surface area contributed by atoms with Gasteiger partial charge in [-0.3, -0.25) is 4.79 Å². The summed E-state index contributed by atoms with van der Waals surface area (Å²) in [6, 6.07) is 8.62. The Bertz CT molecular complexity index is 996. The number of nitrogens with zero attached hydrogens (tertiary/aromatic N) is 1. The third-order valence-electron chi connectivity index (χ3n) is 5.43. The van der Waals surface area contributed by atoms with Gasteiger partial charge in [-0.05, 0) is 43.2 Å². The summed E-state index contributed by atoms with van der Waals surface area (Å²) in [6.07, 6.45) is -4.31. The molecule has 0 aromatic heterocycles. The highest BCUT2D eigenvalue weighted by Crippen LogP contribution is 2.32. The van der Waals surface area contributed by atoms with Gasteiger partial charge in [0, 0.05) is 37.6 Å². The summed E-state index contributed by atoms with van der Waals surface area (Å²) >= 11 is 0. The van der Waals surface area contributed by atoms with E-state index in [2.05, 4.69) is 16.0 Å². The minimum absolute atomic E-state index is 0.0521. The molecule has 0 radical (unpaired) electrons. The zero-order valence-corrected chi connectivity index (χ0v) is 17.6. The standard InChI is InChI=1S/C22H24F4N4O2/c1-13-5-3-4-6-18(13)29-19-7-8-30(21(32)27-2)12-17(19)20(31)28-16-10-14(22(24,25)26)9-15(23)11-16/h3-6,9-11,17,19,29H,7-8,12H2,1-2H3,(H,27,32)(H,28,31)/t17-,19+/m1/s1. The summed E-state index contributed by atoms with van der Waals surface area (Å²) in [4.78, 5) is 26.6. The number of hydrogen-bond donors (Lipinski definition) is 3.